The van der Waals surface area contributed by atoms with E-state index in [0.717, 1.165) is 13.0 Å². The third-order valence-electron chi connectivity index (χ3n) is 3.03. The Morgan fingerprint density at radius 1 is 1.33 bits per heavy atom. The van der Waals surface area contributed by atoms with Crippen molar-refractivity contribution >= 4 is 0 Å². The fourth-order valence-electron chi connectivity index (χ4n) is 2.17. The first-order chi connectivity index (χ1) is 7.26. The third-order valence-corrected chi connectivity index (χ3v) is 3.03. The molecule has 0 aromatic rings. The Kier molecular flexibility index (Phi) is 5.67. The maximum Gasteiger partial charge on any atom is 0.0952 e. The van der Waals surface area contributed by atoms with E-state index in [1.54, 1.807) is 0 Å². The highest BCUT2D eigenvalue weighted by Crippen LogP contribution is 2.09. The SMILES string of the molecule is CCC(C#N)NC(C)CN1CCCCC1. The second-order valence-corrected chi connectivity index (χ2v) is 4.52. The standard InChI is InChI=1S/C12H23N3/c1-3-12(9-13)14-11(2)10-15-7-5-4-6-8-15/h11-12,14H,3-8,10H2,1-2H3. The van der Waals surface area contributed by atoms with Gasteiger partial charge in [-0.05, 0) is 39.3 Å². The molecule has 2 unspecified atom stereocenters. The summed E-state index contributed by atoms with van der Waals surface area (Å²) in [5, 5.41) is 12.2. The second kappa shape index (κ2) is 6.81. The summed E-state index contributed by atoms with van der Waals surface area (Å²) >= 11 is 0. The highest BCUT2D eigenvalue weighted by molar-refractivity contribution is 4.90. The van der Waals surface area contributed by atoms with Crippen LogP contribution in [0.1, 0.15) is 39.5 Å². The number of nitrogens with zero attached hydrogens (tertiary/aromatic N) is 2. The molecule has 1 aliphatic heterocycles. The zero-order chi connectivity index (χ0) is 11.1. The van der Waals surface area contributed by atoms with Gasteiger partial charge in [-0.3, -0.25) is 5.32 Å². The Bertz CT molecular complexity index is 203. The highest BCUT2D eigenvalue weighted by atomic mass is 15.2. The van der Waals surface area contributed by atoms with Crippen LogP contribution in [-0.2, 0) is 0 Å². The van der Waals surface area contributed by atoms with Crippen LogP contribution in [0.3, 0.4) is 0 Å². The summed E-state index contributed by atoms with van der Waals surface area (Å²) in [6.07, 6.45) is 4.94. The summed E-state index contributed by atoms with van der Waals surface area (Å²) in [6.45, 7) is 7.77. The molecule has 0 aromatic carbocycles. The minimum atomic E-state index is 0.0183. The van der Waals surface area contributed by atoms with Gasteiger partial charge in [0.25, 0.3) is 0 Å². The van der Waals surface area contributed by atoms with E-state index in [2.05, 4.69) is 30.1 Å². The minimum Gasteiger partial charge on any atom is -0.302 e. The van der Waals surface area contributed by atoms with Crippen LogP contribution < -0.4 is 5.32 Å². The van der Waals surface area contributed by atoms with Crippen molar-refractivity contribution in [3.8, 4) is 6.07 Å². The fraction of sp³-hybridized carbons (Fsp3) is 0.917. The maximum absolute atomic E-state index is 8.85. The third kappa shape index (κ3) is 4.63. The summed E-state index contributed by atoms with van der Waals surface area (Å²) in [7, 11) is 0. The Morgan fingerprint density at radius 2 is 2.00 bits per heavy atom. The quantitative estimate of drug-likeness (QED) is 0.750. The normalized spacial score (nSPS) is 21.9. The van der Waals surface area contributed by atoms with E-state index in [0.29, 0.717) is 6.04 Å². The number of hydrogen-bond acceptors (Lipinski definition) is 3. The molecule has 86 valence electrons. The highest BCUT2D eigenvalue weighted by Gasteiger charge is 2.15. The van der Waals surface area contributed by atoms with Gasteiger partial charge in [0.15, 0.2) is 0 Å². The van der Waals surface area contributed by atoms with E-state index in [-0.39, 0.29) is 6.04 Å². The van der Waals surface area contributed by atoms with Crippen molar-refractivity contribution < 1.29 is 0 Å². The molecule has 3 nitrogen and oxygen atoms in total. The fourth-order valence-corrected chi connectivity index (χ4v) is 2.17. The van der Waals surface area contributed by atoms with Crippen LogP contribution in [0.4, 0.5) is 0 Å². The lowest BCUT2D eigenvalue weighted by Crippen LogP contribution is -2.44. The molecular weight excluding hydrogens is 186 g/mol. The van der Waals surface area contributed by atoms with E-state index in [1.165, 1.54) is 32.4 Å². The van der Waals surface area contributed by atoms with Crippen molar-refractivity contribution in [2.45, 2.75) is 51.6 Å². The zero-order valence-electron chi connectivity index (χ0n) is 10.00. The van der Waals surface area contributed by atoms with Crippen molar-refractivity contribution in [1.29, 1.82) is 5.26 Å². The molecule has 3 heteroatoms. The smallest absolute Gasteiger partial charge is 0.0952 e. The average Bonchev–Trinajstić information content (AvgIpc) is 2.27. The lowest BCUT2D eigenvalue weighted by molar-refractivity contribution is 0.206. The van der Waals surface area contributed by atoms with E-state index in [4.69, 9.17) is 5.26 Å². The molecule has 0 radical (unpaired) electrons. The Morgan fingerprint density at radius 3 is 2.53 bits per heavy atom. The van der Waals surface area contributed by atoms with E-state index < -0.39 is 0 Å². The van der Waals surface area contributed by atoms with Crippen LogP contribution >= 0.6 is 0 Å². The maximum atomic E-state index is 8.85. The lowest BCUT2D eigenvalue weighted by Gasteiger charge is -2.30. The van der Waals surface area contributed by atoms with Gasteiger partial charge in [-0.25, -0.2) is 0 Å². The van der Waals surface area contributed by atoms with Gasteiger partial charge in [0.2, 0.25) is 0 Å². The number of rotatable bonds is 5. The molecule has 0 spiro atoms. The molecule has 15 heavy (non-hydrogen) atoms. The molecule has 0 saturated carbocycles. The van der Waals surface area contributed by atoms with E-state index in [9.17, 15) is 0 Å². The largest absolute Gasteiger partial charge is 0.302 e. The molecular formula is C12H23N3. The molecule has 1 rings (SSSR count). The summed E-state index contributed by atoms with van der Waals surface area (Å²) < 4.78 is 0. The number of hydrogen-bond donors (Lipinski definition) is 1. The van der Waals surface area contributed by atoms with Gasteiger partial charge in [-0.15, -0.1) is 0 Å². The topological polar surface area (TPSA) is 39.1 Å². The number of piperidine rings is 1. The molecule has 0 aromatic heterocycles. The van der Waals surface area contributed by atoms with Crippen molar-refractivity contribution in [3.63, 3.8) is 0 Å². The first kappa shape index (κ1) is 12.5. The molecule has 1 N–H and O–H groups in total. The molecule has 1 aliphatic rings. The molecule has 0 aliphatic carbocycles. The van der Waals surface area contributed by atoms with Crippen molar-refractivity contribution in [2.75, 3.05) is 19.6 Å². The van der Waals surface area contributed by atoms with Gasteiger partial charge in [-0.2, -0.15) is 5.26 Å². The molecule has 1 heterocycles. The first-order valence-electron chi connectivity index (χ1n) is 6.14. The van der Waals surface area contributed by atoms with Gasteiger partial charge >= 0.3 is 0 Å². The molecule has 1 saturated heterocycles. The minimum absolute atomic E-state index is 0.0183. The zero-order valence-corrected chi connectivity index (χ0v) is 10.00. The summed E-state index contributed by atoms with van der Waals surface area (Å²) in [5.41, 5.74) is 0. The average molecular weight is 209 g/mol. The monoisotopic (exact) mass is 209 g/mol. The van der Waals surface area contributed by atoms with Crippen molar-refractivity contribution in [2.24, 2.45) is 0 Å². The van der Waals surface area contributed by atoms with Gasteiger partial charge in [0.05, 0.1) is 12.1 Å². The van der Waals surface area contributed by atoms with Crippen LogP contribution in [0.2, 0.25) is 0 Å². The Hall–Kier alpha value is -0.590. The summed E-state index contributed by atoms with van der Waals surface area (Å²) in [5.74, 6) is 0. The van der Waals surface area contributed by atoms with Gasteiger partial charge < -0.3 is 4.90 Å². The number of nitrogens with one attached hydrogen (secondary N) is 1. The van der Waals surface area contributed by atoms with Crippen molar-refractivity contribution in [3.05, 3.63) is 0 Å². The van der Waals surface area contributed by atoms with Crippen LogP contribution in [0, 0.1) is 11.3 Å². The molecule has 2 atom stereocenters. The van der Waals surface area contributed by atoms with Gasteiger partial charge in [-0.1, -0.05) is 13.3 Å². The lowest BCUT2D eigenvalue weighted by atomic mass is 10.1. The molecule has 0 amide bonds. The second-order valence-electron chi connectivity index (χ2n) is 4.52. The van der Waals surface area contributed by atoms with Crippen LogP contribution in [0.5, 0.6) is 0 Å². The molecule has 1 fully saturated rings. The summed E-state index contributed by atoms with van der Waals surface area (Å²) in [6, 6.07) is 2.73. The van der Waals surface area contributed by atoms with Crippen LogP contribution in [-0.4, -0.2) is 36.6 Å². The Labute approximate surface area is 93.5 Å². The number of nitriles is 1. The van der Waals surface area contributed by atoms with Crippen molar-refractivity contribution in [1.82, 2.24) is 10.2 Å². The number of likely N-dealkylation sites (tertiary alicyclic amines) is 1. The van der Waals surface area contributed by atoms with E-state index in [1.807, 2.05) is 0 Å². The Balaban J connectivity index is 2.22. The predicted molar refractivity (Wildman–Crippen MR) is 62.6 cm³/mol. The van der Waals surface area contributed by atoms with E-state index >= 15 is 0 Å². The van der Waals surface area contributed by atoms with Gasteiger partial charge in [0.1, 0.15) is 0 Å². The van der Waals surface area contributed by atoms with Gasteiger partial charge in [0, 0.05) is 12.6 Å². The first-order valence-corrected chi connectivity index (χ1v) is 6.14. The summed E-state index contributed by atoms with van der Waals surface area (Å²) in [4.78, 5) is 2.51. The van der Waals surface area contributed by atoms with Crippen LogP contribution in [0.25, 0.3) is 0 Å². The molecule has 0 bridgehead atoms. The predicted octanol–water partition coefficient (Wildman–Crippen LogP) is 1.75. The van der Waals surface area contributed by atoms with Crippen LogP contribution in [0.15, 0.2) is 0 Å².